The van der Waals surface area contributed by atoms with E-state index in [9.17, 15) is 14.4 Å². The Morgan fingerprint density at radius 2 is 1.75 bits per heavy atom. The Morgan fingerprint density at radius 3 is 2.48 bits per heavy atom. The molecule has 6 atom stereocenters. The molecule has 40 heavy (non-hydrogen) atoms. The van der Waals surface area contributed by atoms with E-state index in [1.165, 1.54) is 12.0 Å². The Kier molecular flexibility index (Phi) is 7.26. The topological polar surface area (TPSA) is 87.7 Å². The summed E-state index contributed by atoms with van der Waals surface area (Å²) in [5, 5.41) is 6.27. The number of carbonyl (C=O) groups is 3. The first-order chi connectivity index (χ1) is 19.4. The predicted octanol–water partition coefficient (Wildman–Crippen LogP) is 4.55. The second-order valence-electron chi connectivity index (χ2n) is 12.0. The lowest BCUT2D eigenvalue weighted by Gasteiger charge is -2.36. The van der Waals surface area contributed by atoms with Crippen LogP contribution in [0.2, 0.25) is 0 Å². The molecule has 2 bridgehead atoms. The lowest BCUT2D eigenvalue weighted by atomic mass is 9.74. The van der Waals surface area contributed by atoms with E-state index in [2.05, 4.69) is 22.8 Å². The number of nitrogens with zero attached hydrogens (tertiary/aromatic N) is 1. The minimum absolute atomic E-state index is 0.108. The number of fused-ring (bicyclic) bond motifs is 1. The van der Waals surface area contributed by atoms with Gasteiger partial charge in [-0.05, 0) is 57.2 Å². The van der Waals surface area contributed by atoms with Gasteiger partial charge in [-0.1, -0.05) is 79.4 Å². The molecule has 3 amide bonds. The van der Waals surface area contributed by atoms with Gasteiger partial charge in [0.05, 0.1) is 17.9 Å². The fourth-order valence-corrected chi connectivity index (χ4v) is 7.23. The number of likely N-dealkylation sites (tertiary alicyclic amines) is 1. The van der Waals surface area contributed by atoms with E-state index in [0.717, 1.165) is 37.7 Å². The summed E-state index contributed by atoms with van der Waals surface area (Å²) in [5.74, 6) is -2.02. The first-order valence-electron chi connectivity index (χ1n) is 14.8. The van der Waals surface area contributed by atoms with Crippen molar-refractivity contribution in [3.8, 4) is 0 Å². The van der Waals surface area contributed by atoms with Crippen LogP contribution in [0, 0.1) is 18.8 Å². The van der Waals surface area contributed by atoms with Crippen LogP contribution >= 0.6 is 0 Å². The maximum Gasteiger partial charge on any atom is 0.246 e. The van der Waals surface area contributed by atoms with E-state index in [-0.39, 0.29) is 29.8 Å². The third kappa shape index (κ3) is 4.74. The van der Waals surface area contributed by atoms with Crippen LogP contribution in [0.5, 0.6) is 0 Å². The van der Waals surface area contributed by atoms with Gasteiger partial charge >= 0.3 is 0 Å². The van der Waals surface area contributed by atoms with Gasteiger partial charge in [0.15, 0.2) is 0 Å². The second kappa shape index (κ2) is 10.8. The zero-order valence-corrected chi connectivity index (χ0v) is 23.3. The largest absolute Gasteiger partial charge is 0.359 e. The van der Waals surface area contributed by atoms with Crippen LogP contribution in [0.15, 0.2) is 66.7 Å². The highest BCUT2D eigenvalue weighted by Gasteiger charge is 2.73. The Bertz CT molecular complexity index is 1290. The summed E-state index contributed by atoms with van der Waals surface area (Å²) >= 11 is 0. The highest BCUT2D eigenvalue weighted by Crippen LogP contribution is 2.56. The summed E-state index contributed by atoms with van der Waals surface area (Å²) in [4.78, 5) is 43.7. The van der Waals surface area contributed by atoms with Gasteiger partial charge in [-0.15, -0.1) is 0 Å². The number of anilines is 1. The second-order valence-corrected chi connectivity index (χ2v) is 12.0. The minimum atomic E-state index is -1.14. The van der Waals surface area contributed by atoms with Crippen molar-refractivity contribution < 1.29 is 19.1 Å². The molecule has 0 aromatic heterocycles. The highest BCUT2D eigenvalue weighted by molar-refractivity contribution is 6.03. The number of amides is 3. The number of carbonyl (C=O) groups excluding carboxylic acids is 3. The van der Waals surface area contributed by atoms with E-state index in [1.807, 2.05) is 68.5 Å². The average molecular weight is 542 g/mol. The van der Waals surface area contributed by atoms with Crippen molar-refractivity contribution in [1.82, 2.24) is 10.2 Å². The van der Waals surface area contributed by atoms with Crippen molar-refractivity contribution in [2.24, 2.45) is 11.8 Å². The molecule has 1 spiro atoms. The molecular weight excluding hydrogens is 502 g/mol. The summed E-state index contributed by atoms with van der Waals surface area (Å²) in [6.07, 6.45) is 10.0. The van der Waals surface area contributed by atoms with Gasteiger partial charge in [0, 0.05) is 17.8 Å². The number of hydrogen-bond acceptors (Lipinski definition) is 4. The third-order valence-electron chi connectivity index (χ3n) is 9.30. The Labute approximate surface area is 236 Å². The molecular formula is C33H39N3O4. The smallest absolute Gasteiger partial charge is 0.246 e. The molecule has 2 aromatic rings. The van der Waals surface area contributed by atoms with Crippen LogP contribution in [-0.4, -0.2) is 52.5 Å². The molecule has 7 nitrogen and oxygen atoms in total. The molecule has 1 aliphatic carbocycles. The molecule has 4 aliphatic rings. The molecule has 3 aliphatic heterocycles. The van der Waals surface area contributed by atoms with Crippen molar-refractivity contribution in [3.05, 3.63) is 77.9 Å². The first kappa shape index (κ1) is 26.8. The fraction of sp³-hybridized carbons (Fsp3) is 0.485. The summed E-state index contributed by atoms with van der Waals surface area (Å²) < 4.78 is 6.52. The van der Waals surface area contributed by atoms with Crippen molar-refractivity contribution >= 4 is 23.4 Å². The summed E-state index contributed by atoms with van der Waals surface area (Å²) in [6, 6.07) is 16.9. The average Bonchev–Trinajstić information content (AvgIpc) is 3.61. The van der Waals surface area contributed by atoms with Crippen LogP contribution in [-0.2, 0) is 25.5 Å². The number of aryl methyl sites for hydroxylation is 2. The number of ether oxygens (including phenoxy) is 1. The third-order valence-corrected chi connectivity index (χ3v) is 9.30. The van der Waals surface area contributed by atoms with Crippen LogP contribution < -0.4 is 10.6 Å². The van der Waals surface area contributed by atoms with Crippen molar-refractivity contribution in [2.45, 2.75) is 88.6 Å². The van der Waals surface area contributed by atoms with Gasteiger partial charge in [0.2, 0.25) is 17.7 Å². The van der Waals surface area contributed by atoms with E-state index < -0.39 is 29.6 Å². The molecule has 3 heterocycles. The first-order valence-corrected chi connectivity index (χ1v) is 14.8. The molecule has 1 saturated carbocycles. The molecule has 6 rings (SSSR count). The molecule has 2 saturated heterocycles. The van der Waals surface area contributed by atoms with Gasteiger partial charge in [-0.2, -0.15) is 0 Å². The zero-order chi connectivity index (χ0) is 27.9. The molecule has 210 valence electrons. The molecule has 2 aromatic carbocycles. The van der Waals surface area contributed by atoms with Crippen molar-refractivity contribution in [3.63, 3.8) is 0 Å². The normalized spacial score (nSPS) is 29.9. The number of benzene rings is 2. The van der Waals surface area contributed by atoms with E-state index >= 15 is 0 Å². The number of hydrogen-bond donors (Lipinski definition) is 2. The maximum absolute atomic E-state index is 14.3. The van der Waals surface area contributed by atoms with Crippen molar-refractivity contribution in [1.29, 1.82) is 0 Å². The maximum atomic E-state index is 14.3. The summed E-state index contributed by atoms with van der Waals surface area (Å²) in [7, 11) is 0. The molecule has 0 radical (unpaired) electrons. The van der Waals surface area contributed by atoms with E-state index in [1.54, 1.807) is 4.90 Å². The summed E-state index contributed by atoms with van der Waals surface area (Å²) in [5.41, 5.74) is 1.83. The Hall–Kier alpha value is -3.45. The van der Waals surface area contributed by atoms with Crippen LogP contribution in [0.4, 0.5) is 5.69 Å². The minimum Gasteiger partial charge on any atom is -0.359 e. The van der Waals surface area contributed by atoms with Gasteiger partial charge < -0.3 is 20.3 Å². The van der Waals surface area contributed by atoms with Gasteiger partial charge in [-0.3, -0.25) is 14.4 Å². The highest BCUT2D eigenvalue weighted by atomic mass is 16.5. The van der Waals surface area contributed by atoms with Crippen molar-refractivity contribution in [2.75, 3.05) is 5.32 Å². The fourth-order valence-electron chi connectivity index (χ4n) is 7.23. The number of nitrogens with one attached hydrogen (secondary N) is 2. The number of rotatable bonds is 8. The van der Waals surface area contributed by atoms with Crippen LogP contribution in [0.3, 0.4) is 0 Å². The van der Waals surface area contributed by atoms with Gasteiger partial charge in [-0.25, -0.2) is 0 Å². The van der Waals surface area contributed by atoms with Gasteiger partial charge in [0.1, 0.15) is 11.6 Å². The van der Waals surface area contributed by atoms with E-state index in [0.29, 0.717) is 12.1 Å². The Balaban J connectivity index is 1.29. The molecule has 4 unspecified atom stereocenters. The zero-order valence-electron chi connectivity index (χ0n) is 23.3. The monoisotopic (exact) mass is 541 g/mol. The summed E-state index contributed by atoms with van der Waals surface area (Å²) in [6.45, 7) is 4.00. The molecule has 3 fully saturated rings. The predicted molar refractivity (Wildman–Crippen MR) is 153 cm³/mol. The molecule has 7 heteroatoms. The van der Waals surface area contributed by atoms with Crippen LogP contribution in [0.25, 0.3) is 0 Å². The standard InChI is InChI=1S/C33H39N3O4/c1-21-13-17-25(18-14-21)34-30(37)27-26-19-20-33(40-26)28(27)32(39)36(22(2)15-16-23-9-5-3-6-10-23)29(33)31(38)35-24-11-7-4-8-12-24/h3,5-6,9-10,13-14,17-20,22,24,26-29H,4,7-8,11-12,15-16H2,1-2H3,(H,34,37)(H,35,38)/t22?,26-,27?,28-,29?,33?/m1/s1. The molecule has 2 N–H and O–H groups in total. The SMILES string of the molecule is Cc1ccc(NC(=O)C2[C@H]3C=CC4(O3)C(C(=O)NC3CCCCC3)N(C(C)CCc3ccccc3)C(=O)[C@@H]24)cc1. The lowest BCUT2D eigenvalue weighted by Crippen LogP contribution is -2.58. The van der Waals surface area contributed by atoms with Crippen LogP contribution in [0.1, 0.15) is 56.6 Å². The Morgan fingerprint density at radius 1 is 1.02 bits per heavy atom. The lowest BCUT2D eigenvalue weighted by molar-refractivity contribution is -0.143. The van der Waals surface area contributed by atoms with Gasteiger partial charge in [0.25, 0.3) is 0 Å². The van der Waals surface area contributed by atoms with E-state index in [4.69, 9.17) is 4.74 Å². The quantitative estimate of drug-likeness (QED) is 0.480.